The zero-order valence-electron chi connectivity index (χ0n) is 14.2. The van der Waals surface area contributed by atoms with E-state index >= 15 is 0 Å². The fraction of sp³-hybridized carbons (Fsp3) is 0.667. The maximum Gasteiger partial charge on any atom is 0.211 e. The van der Waals surface area contributed by atoms with Gasteiger partial charge in [0.2, 0.25) is 10.0 Å². The average molecular weight is 353 g/mol. The van der Waals surface area contributed by atoms with E-state index in [-0.39, 0.29) is 17.7 Å². The molecule has 6 heteroatoms. The van der Waals surface area contributed by atoms with Gasteiger partial charge in [0.05, 0.1) is 25.6 Å². The Morgan fingerprint density at radius 1 is 1.17 bits per heavy atom. The van der Waals surface area contributed by atoms with Crippen LogP contribution in [0.15, 0.2) is 24.3 Å². The minimum absolute atomic E-state index is 0.00454. The molecule has 0 unspecified atom stereocenters. The maximum absolute atomic E-state index is 11.9. The zero-order valence-corrected chi connectivity index (χ0v) is 15.1. The van der Waals surface area contributed by atoms with Crippen LogP contribution >= 0.6 is 0 Å². The molecule has 0 aromatic heterocycles. The molecule has 2 aliphatic rings. The highest BCUT2D eigenvalue weighted by Gasteiger charge is 2.28. The van der Waals surface area contributed by atoms with Crippen molar-refractivity contribution in [1.29, 1.82) is 0 Å². The quantitative estimate of drug-likeness (QED) is 0.818. The summed E-state index contributed by atoms with van der Waals surface area (Å²) in [7, 11) is -3.16. The van der Waals surface area contributed by atoms with Crippen molar-refractivity contribution in [3.63, 3.8) is 0 Å². The number of hydrogen-bond donors (Lipinski definition) is 1. The molecule has 2 fully saturated rings. The van der Waals surface area contributed by atoms with Crippen molar-refractivity contribution in [2.45, 2.75) is 44.6 Å². The van der Waals surface area contributed by atoms with E-state index in [0.717, 1.165) is 44.6 Å². The van der Waals surface area contributed by atoms with Crippen LogP contribution in [0, 0.1) is 5.92 Å². The lowest BCUT2D eigenvalue weighted by Crippen LogP contribution is -2.44. The van der Waals surface area contributed by atoms with Gasteiger partial charge in [-0.1, -0.05) is 25.0 Å². The number of sulfonamides is 1. The lowest BCUT2D eigenvalue weighted by Gasteiger charge is -2.31. The van der Waals surface area contributed by atoms with Crippen molar-refractivity contribution >= 4 is 10.0 Å². The Labute approximate surface area is 144 Å². The van der Waals surface area contributed by atoms with Gasteiger partial charge in [-0.25, -0.2) is 13.1 Å². The first-order valence-corrected chi connectivity index (χ1v) is 10.5. The van der Waals surface area contributed by atoms with Crippen LogP contribution in [-0.2, 0) is 14.8 Å². The molecule has 0 radical (unpaired) electrons. The predicted molar refractivity (Wildman–Crippen MR) is 93.8 cm³/mol. The van der Waals surface area contributed by atoms with E-state index < -0.39 is 10.0 Å². The molecule has 1 N–H and O–H groups in total. The van der Waals surface area contributed by atoms with Crippen molar-refractivity contribution in [2.24, 2.45) is 5.92 Å². The molecule has 1 saturated carbocycles. The second kappa shape index (κ2) is 7.85. The average Bonchev–Trinajstić information content (AvgIpc) is 2.53. The molecule has 24 heavy (non-hydrogen) atoms. The molecule has 1 saturated heterocycles. The molecule has 1 aliphatic carbocycles. The van der Waals surface area contributed by atoms with Gasteiger partial charge in [-0.05, 0) is 37.5 Å². The van der Waals surface area contributed by atoms with E-state index in [1.165, 1.54) is 5.56 Å². The smallest absolute Gasteiger partial charge is 0.211 e. The summed E-state index contributed by atoms with van der Waals surface area (Å²) < 4.78 is 37.7. The highest BCUT2D eigenvalue weighted by Crippen LogP contribution is 2.28. The van der Waals surface area contributed by atoms with E-state index in [0.29, 0.717) is 12.5 Å². The van der Waals surface area contributed by atoms with Gasteiger partial charge in [-0.15, -0.1) is 0 Å². The van der Waals surface area contributed by atoms with Gasteiger partial charge in [0, 0.05) is 17.9 Å². The van der Waals surface area contributed by atoms with E-state index in [1.807, 2.05) is 12.1 Å². The monoisotopic (exact) mass is 353 g/mol. The predicted octanol–water partition coefficient (Wildman–Crippen LogP) is 2.68. The summed E-state index contributed by atoms with van der Waals surface area (Å²) >= 11 is 0. The summed E-state index contributed by atoms with van der Waals surface area (Å²) in [6.45, 7) is 3.84. The van der Waals surface area contributed by atoms with Gasteiger partial charge < -0.3 is 9.47 Å². The lowest BCUT2D eigenvalue weighted by molar-refractivity contribution is 0.00839. The molecule has 1 heterocycles. The molecule has 0 amide bonds. The first kappa shape index (κ1) is 17.7. The molecule has 1 aliphatic heterocycles. The molecule has 5 nitrogen and oxygen atoms in total. The topological polar surface area (TPSA) is 64.6 Å². The molecular formula is C18H27NO4S. The van der Waals surface area contributed by atoms with Crippen LogP contribution in [0.25, 0.3) is 0 Å². The second-order valence-electron chi connectivity index (χ2n) is 6.79. The van der Waals surface area contributed by atoms with Crippen LogP contribution in [0.2, 0.25) is 0 Å². The lowest BCUT2D eigenvalue weighted by atomic mass is 9.86. The van der Waals surface area contributed by atoms with Crippen LogP contribution in [-0.4, -0.2) is 40.0 Å². The maximum atomic E-state index is 11.9. The first-order valence-electron chi connectivity index (χ1n) is 8.88. The van der Waals surface area contributed by atoms with Gasteiger partial charge in [0.25, 0.3) is 0 Å². The van der Waals surface area contributed by atoms with Crippen LogP contribution in [0.4, 0.5) is 0 Å². The Morgan fingerprint density at radius 2 is 1.88 bits per heavy atom. The molecule has 0 spiro atoms. The highest BCUT2D eigenvalue weighted by atomic mass is 32.2. The van der Waals surface area contributed by atoms with Gasteiger partial charge in [-0.3, -0.25) is 0 Å². The van der Waals surface area contributed by atoms with Crippen LogP contribution < -0.4 is 9.46 Å². The minimum atomic E-state index is -3.16. The van der Waals surface area contributed by atoms with Crippen LogP contribution in [0.5, 0.6) is 5.75 Å². The van der Waals surface area contributed by atoms with E-state index in [9.17, 15) is 8.42 Å². The van der Waals surface area contributed by atoms with Gasteiger partial charge in [0.1, 0.15) is 5.75 Å². The van der Waals surface area contributed by atoms with Crippen molar-refractivity contribution in [3.8, 4) is 5.75 Å². The highest BCUT2D eigenvalue weighted by molar-refractivity contribution is 7.89. The van der Waals surface area contributed by atoms with Crippen molar-refractivity contribution in [3.05, 3.63) is 29.8 Å². The first-order chi connectivity index (χ1) is 11.6. The molecule has 1 aromatic rings. The Balaban J connectivity index is 1.55. The molecule has 3 rings (SSSR count). The number of benzene rings is 1. The standard InChI is InChI=1S/C18H27NO4S/c1-2-24(20,21)19-18-6-4-3-5-15(18)13-23-17-9-7-14(8-10-17)16-11-22-12-16/h7-10,15-16,18-19H,2-6,11-13H2,1H3/t15-,18+/m1/s1. The summed E-state index contributed by atoms with van der Waals surface area (Å²) in [6, 6.07) is 8.19. The Bertz CT molecular complexity index is 625. The van der Waals surface area contributed by atoms with Gasteiger partial charge in [-0.2, -0.15) is 0 Å². The van der Waals surface area contributed by atoms with Crippen molar-refractivity contribution < 1.29 is 17.9 Å². The zero-order chi connectivity index (χ0) is 17.0. The summed E-state index contributed by atoms with van der Waals surface area (Å²) in [5.41, 5.74) is 1.29. The fourth-order valence-corrected chi connectivity index (χ4v) is 4.28. The molecule has 134 valence electrons. The molecular weight excluding hydrogens is 326 g/mol. The van der Waals surface area contributed by atoms with Crippen molar-refractivity contribution in [2.75, 3.05) is 25.6 Å². The SMILES string of the molecule is CCS(=O)(=O)N[C@H]1CCCC[C@@H]1COc1ccc(C2COC2)cc1. The van der Waals surface area contributed by atoms with Crippen LogP contribution in [0.3, 0.4) is 0 Å². The second-order valence-corrected chi connectivity index (χ2v) is 8.83. The third-order valence-electron chi connectivity index (χ3n) is 5.07. The Hall–Kier alpha value is -1.11. The largest absolute Gasteiger partial charge is 0.493 e. The molecule has 2 atom stereocenters. The minimum Gasteiger partial charge on any atom is -0.493 e. The number of rotatable bonds is 7. The van der Waals surface area contributed by atoms with Gasteiger partial charge in [0.15, 0.2) is 0 Å². The third-order valence-corrected chi connectivity index (χ3v) is 6.50. The van der Waals surface area contributed by atoms with Crippen molar-refractivity contribution in [1.82, 2.24) is 4.72 Å². The van der Waals surface area contributed by atoms with E-state index in [1.54, 1.807) is 6.92 Å². The summed E-state index contributed by atoms with van der Waals surface area (Å²) in [5, 5.41) is 0. The molecule has 1 aromatic carbocycles. The third kappa shape index (κ3) is 4.49. The number of nitrogens with one attached hydrogen (secondary N) is 1. The number of hydrogen-bond acceptors (Lipinski definition) is 4. The molecule has 0 bridgehead atoms. The van der Waals surface area contributed by atoms with E-state index in [4.69, 9.17) is 9.47 Å². The van der Waals surface area contributed by atoms with Gasteiger partial charge >= 0.3 is 0 Å². The normalized spacial score (nSPS) is 25.2. The summed E-state index contributed by atoms with van der Waals surface area (Å²) in [5.74, 6) is 1.73. The summed E-state index contributed by atoms with van der Waals surface area (Å²) in [6.07, 6.45) is 4.12. The van der Waals surface area contributed by atoms with E-state index in [2.05, 4.69) is 16.9 Å². The Kier molecular flexibility index (Phi) is 5.79. The Morgan fingerprint density at radius 3 is 2.50 bits per heavy atom. The van der Waals surface area contributed by atoms with Crippen LogP contribution in [0.1, 0.15) is 44.1 Å². The summed E-state index contributed by atoms with van der Waals surface area (Å²) in [4.78, 5) is 0. The number of ether oxygens (including phenoxy) is 2. The fourth-order valence-electron chi connectivity index (χ4n) is 3.34.